The van der Waals surface area contributed by atoms with Crippen molar-refractivity contribution in [3.63, 3.8) is 0 Å². The van der Waals surface area contributed by atoms with Gasteiger partial charge in [-0.3, -0.25) is 4.79 Å². The second-order valence-corrected chi connectivity index (χ2v) is 11.8. The molecule has 0 aromatic heterocycles. The lowest BCUT2D eigenvalue weighted by Crippen LogP contribution is -2.52. The summed E-state index contributed by atoms with van der Waals surface area (Å²) in [5.74, 6) is 0.955. The molecule has 4 nitrogen and oxygen atoms in total. The van der Waals surface area contributed by atoms with E-state index in [4.69, 9.17) is 0 Å². The fourth-order valence-corrected chi connectivity index (χ4v) is 4.91. The summed E-state index contributed by atoms with van der Waals surface area (Å²) in [6.07, 6.45) is 13.5. The van der Waals surface area contributed by atoms with Crippen LogP contribution in [-0.2, 0) is 4.79 Å². The van der Waals surface area contributed by atoms with Gasteiger partial charge in [0.25, 0.3) is 0 Å². The van der Waals surface area contributed by atoms with Crippen molar-refractivity contribution >= 4 is 5.91 Å². The largest absolute Gasteiger partial charge is 0.369 e. The number of unbranched alkanes of at least 4 members (excludes halogenated alkanes) is 2. The molecule has 0 saturated heterocycles. The predicted molar refractivity (Wildman–Crippen MR) is 142 cm³/mol. The lowest BCUT2D eigenvalue weighted by atomic mass is 9.78. The quantitative estimate of drug-likeness (QED) is 0.192. The molecule has 0 rings (SSSR count). The van der Waals surface area contributed by atoms with Gasteiger partial charge < -0.3 is 16.0 Å². The number of hydrogen-bond acceptors (Lipinski definition) is 3. The molecule has 0 radical (unpaired) electrons. The van der Waals surface area contributed by atoms with Gasteiger partial charge in [-0.2, -0.15) is 0 Å². The second kappa shape index (κ2) is 14.9. The molecule has 32 heavy (non-hydrogen) atoms. The number of rotatable bonds is 18. The van der Waals surface area contributed by atoms with Gasteiger partial charge in [0, 0.05) is 25.0 Å². The lowest BCUT2D eigenvalue weighted by Gasteiger charge is -2.41. The first-order valence-corrected chi connectivity index (χ1v) is 13.3. The zero-order chi connectivity index (χ0) is 24.8. The van der Waals surface area contributed by atoms with Crippen LogP contribution in [0.4, 0.5) is 0 Å². The van der Waals surface area contributed by atoms with E-state index < -0.39 is 0 Å². The molecule has 0 heterocycles. The minimum atomic E-state index is 0.00768. The molecule has 0 fully saturated rings. The van der Waals surface area contributed by atoms with E-state index >= 15 is 0 Å². The Bertz CT molecular complexity index is 535. The molecule has 0 aliphatic rings. The highest BCUT2D eigenvalue weighted by atomic mass is 16.1. The smallest absolute Gasteiger partial charge is 0.221 e. The van der Waals surface area contributed by atoms with Gasteiger partial charge in [-0.1, -0.05) is 100 Å². The topological polar surface area (TPSA) is 53.2 Å². The Hall–Kier alpha value is -1.19. The third-order valence-corrected chi connectivity index (χ3v) is 6.84. The molecule has 190 valence electrons. The summed E-state index contributed by atoms with van der Waals surface area (Å²) in [5, 5.41) is 10.3. The summed E-state index contributed by atoms with van der Waals surface area (Å²) < 4.78 is 0. The maximum absolute atomic E-state index is 12.3. The van der Waals surface area contributed by atoms with Gasteiger partial charge in [-0.05, 0) is 42.9 Å². The lowest BCUT2D eigenvalue weighted by molar-refractivity contribution is -0.121. The normalized spacial score (nSPS) is 15.0. The highest BCUT2D eigenvalue weighted by molar-refractivity contribution is 5.76. The molecule has 0 aliphatic heterocycles. The Balaban J connectivity index is 5.54. The van der Waals surface area contributed by atoms with Crippen LogP contribution in [0.25, 0.3) is 0 Å². The summed E-state index contributed by atoms with van der Waals surface area (Å²) in [6, 6.07) is 0.0481. The molecule has 1 amide bonds. The van der Waals surface area contributed by atoms with Gasteiger partial charge >= 0.3 is 0 Å². The number of nitrogens with one attached hydrogen (secondary N) is 3. The summed E-state index contributed by atoms with van der Waals surface area (Å²) in [7, 11) is 1.72. The highest BCUT2D eigenvalue weighted by Crippen LogP contribution is 2.33. The fraction of sp³-hybridized carbons (Fsp3) is 0.893. The van der Waals surface area contributed by atoms with E-state index in [2.05, 4.69) is 77.9 Å². The predicted octanol–water partition coefficient (Wildman–Crippen LogP) is 7.30. The summed E-state index contributed by atoms with van der Waals surface area (Å²) in [5.41, 5.74) is 0.443. The van der Waals surface area contributed by atoms with E-state index in [1.165, 1.54) is 44.9 Å². The molecular weight excluding hydrogens is 394 g/mol. The van der Waals surface area contributed by atoms with Gasteiger partial charge in [-0.15, -0.1) is 0 Å². The average molecular weight is 452 g/mol. The summed E-state index contributed by atoms with van der Waals surface area (Å²) in [6.45, 7) is 22.7. The summed E-state index contributed by atoms with van der Waals surface area (Å²) >= 11 is 0. The van der Waals surface area contributed by atoms with Crippen LogP contribution in [0.15, 0.2) is 12.4 Å². The third kappa shape index (κ3) is 12.7. The van der Waals surface area contributed by atoms with Crippen molar-refractivity contribution in [1.82, 2.24) is 16.0 Å². The fourth-order valence-electron chi connectivity index (χ4n) is 4.91. The Morgan fingerprint density at radius 3 is 1.91 bits per heavy atom. The monoisotopic (exact) mass is 451 g/mol. The molecular formula is C28H57N3O. The molecule has 0 bridgehead atoms. The van der Waals surface area contributed by atoms with E-state index in [1.807, 2.05) is 0 Å². The van der Waals surface area contributed by atoms with Gasteiger partial charge in [0.2, 0.25) is 5.91 Å². The minimum Gasteiger partial charge on any atom is -0.369 e. The maximum atomic E-state index is 12.3. The Labute approximate surface area is 201 Å². The first-order chi connectivity index (χ1) is 14.8. The Morgan fingerprint density at radius 2 is 1.41 bits per heavy atom. The van der Waals surface area contributed by atoms with Crippen LogP contribution in [0.2, 0.25) is 0 Å². The van der Waals surface area contributed by atoms with Crippen LogP contribution in [-0.4, -0.2) is 24.5 Å². The molecule has 0 aromatic rings. The van der Waals surface area contributed by atoms with E-state index in [-0.39, 0.29) is 22.9 Å². The van der Waals surface area contributed by atoms with Crippen LogP contribution in [0, 0.1) is 10.8 Å². The first kappa shape index (κ1) is 30.8. The average Bonchev–Trinajstić information content (AvgIpc) is 2.66. The van der Waals surface area contributed by atoms with Gasteiger partial charge in [-0.25, -0.2) is 0 Å². The Kier molecular flexibility index (Phi) is 14.3. The van der Waals surface area contributed by atoms with Crippen molar-refractivity contribution in [3.8, 4) is 0 Å². The molecule has 2 unspecified atom stereocenters. The third-order valence-electron chi connectivity index (χ3n) is 6.84. The van der Waals surface area contributed by atoms with Crippen LogP contribution in [0.1, 0.15) is 132 Å². The minimum absolute atomic E-state index is 0.00768. The molecule has 0 aromatic carbocycles. The SMILES string of the molecule is C=C(NC(CC(=O)NC)C(C)(C)CCC)NC(CCC)(CCCCC)CCCC(C)(C)C. The summed E-state index contributed by atoms with van der Waals surface area (Å²) in [4.78, 5) is 12.3. The van der Waals surface area contributed by atoms with E-state index in [1.54, 1.807) is 7.05 Å². The molecule has 0 aliphatic carbocycles. The van der Waals surface area contributed by atoms with Crippen molar-refractivity contribution in [2.24, 2.45) is 10.8 Å². The molecule has 3 N–H and O–H groups in total. The first-order valence-electron chi connectivity index (χ1n) is 13.3. The standard InChI is InChI=1S/C28H57N3O/c1-11-14-15-20-28(18-13-3,21-16-19-26(5,6)7)31-23(4)30-24(22-25(32)29-10)27(8,9)17-12-2/h24,30-31H,4,11-22H2,1-3,5-10H3,(H,29,32). The van der Waals surface area contributed by atoms with Gasteiger partial charge in [0.1, 0.15) is 0 Å². The van der Waals surface area contributed by atoms with Crippen molar-refractivity contribution in [2.75, 3.05) is 7.05 Å². The Morgan fingerprint density at radius 1 is 0.812 bits per heavy atom. The van der Waals surface area contributed by atoms with E-state index in [0.29, 0.717) is 11.8 Å². The van der Waals surface area contributed by atoms with Crippen LogP contribution < -0.4 is 16.0 Å². The van der Waals surface area contributed by atoms with Crippen molar-refractivity contribution < 1.29 is 4.79 Å². The van der Waals surface area contributed by atoms with Crippen LogP contribution in [0.5, 0.6) is 0 Å². The van der Waals surface area contributed by atoms with Gasteiger partial charge in [0.15, 0.2) is 0 Å². The zero-order valence-electron chi connectivity index (χ0n) is 23.2. The van der Waals surface area contributed by atoms with Crippen molar-refractivity contribution in [2.45, 2.75) is 144 Å². The van der Waals surface area contributed by atoms with Crippen molar-refractivity contribution in [3.05, 3.63) is 12.4 Å². The zero-order valence-corrected chi connectivity index (χ0v) is 23.2. The number of amides is 1. The van der Waals surface area contributed by atoms with Crippen molar-refractivity contribution in [1.29, 1.82) is 0 Å². The molecule has 2 atom stereocenters. The molecule has 0 spiro atoms. The van der Waals surface area contributed by atoms with Crippen LogP contribution >= 0.6 is 0 Å². The highest BCUT2D eigenvalue weighted by Gasteiger charge is 2.33. The van der Waals surface area contributed by atoms with E-state index in [9.17, 15) is 4.79 Å². The maximum Gasteiger partial charge on any atom is 0.221 e. The van der Waals surface area contributed by atoms with Crippen LogP contribution in [0.3, 0.4) is 0 Å². The van der Waals surface area contributed by atoms with Gasteiger partial charge in [0.05, 0.1) is 5.82 Å². The second-order valence-electron chi connectivity index (χ2n) is 11.8. The van der Waals surface area contributed by atoms with E-state index in [0.717, 1.165) is 31.5 Å². The number of carbonyl (C=O) groups is 1. The molecule has 0 saturated carbocycles. The number of carbonyl (C=O) groups excluding carboxylic acids is 1. The molecule has 4 heteroatoms. The number of hydrogen-bond donors (Lipinski definition) is 3.